The molecule has 0 aromatic rings. The number of carbonyl (C=O) groups excluding carboxylic acids is 1. The lowest BCUT2D eigenvalue weighted by atomic mass is 9.98. The van der Waals surface area contributed by atoms with Crippen molar-refractivity contribution >= 4 is 5.91 Å². The van der Waals surface area contributed by atoms with E-state index in [2.05, 4.69) is 28.5 Å². The van der Waals surface area contributed by atoms with Gasteiger partial charge in [-0.05, 0) is 51.6 Å². The summed E-state index contributed by atoms with van der Waals surface area (Å²) < 4.78 is 0. The van der Waals surface area contributed by atoms with E-state index >= 15 is 0 Å². The van der Waals surface area contributed by atoms with Crippen LogP contribution in [0, 0.1) is 17.2 Å². The van der Waals surface area contributed by atoms with Gasteiger partial charge in [0, 0.05) is 12.6 Å². The van der Waals surface area contributed by atoms with Gasteiger partial charge in [0.05, 0.1) is 12.6 Å². The van der Waals surface area contributed by atoms with Crippen LogP contribution in [0.1, 0.15) is 39.5 Å². The molecule has 112 valence electrons. The van der Waals surface area contributed by atoms with Crippen LogP contribution in [0.3, 0.4) is 0 Å². The van der Waals surface area contributed by atoms with Crippen molar-refractivity contribution in [3.05, 3.63) is 0 Å². The van der Waals surface area contributed by atoms with E-state index in [1.54, 1.807) is 0 Å². The summed E-state index contributed by atoms with van der Waals surface area (Å²) >= 11 is 0. The number of hydrogen-bond donors (Lipinski definition) is 2. The summed E-state index contributed by atoms with van der Waals surface area (Å²) in [6.07, 6.45) is 4.41. The van der Waals surface area contributed by atoms with Gasteiger partial charge in [-0.3, -0.25) is 9.69 Å². The van der Waals surface area contributed by atoms with E-state index in [9.17, 15) is 10.1 Å². The van der Waals surface area contributed by atoms with E-state index in [0.29, 0.717) is 18.5 Å². The minimum absolute atomic E-state index is 0.0200. The number of likely N-dealkylation sites (N-methyl/N-ethyl adjacent to an activating group) is 1. The van der Waals surface area contributed by atoms with E-state index in [-0.39, 0.29) is 5.91 Å². The van der Waals surface area contributed by atoms with Crippen LogP contribution in [0.5, 0.6) is 0 Å². The van der Waals surface area contributed by atoms with Crippen molar-refractivity contribution < 1.29 is 4.79 Å². The molecule has 1 saturated carbocycles. The molecule has 1 amide bonds. The predicted molar refractivity (Wildman–Crippen MR) is 78.0 cm³/mol. The first-order valence-corrected chi connectivity index (χ1v) is 7.76. The lowest BCUT2D eigenvalue weighted by Gasteiger charge is -2.34. The second-order valence-corrected chi connectivity index (χ2v) is 6.20. The number of rotatable bonds is 6. The predicted octanol–water partition coefficient (Wildman–Crippen LogP) is 0.869. The van der Waals surface area contributed by atoms with Crippen LogP contribution < -0.4 is 10.6 Å². The molecule has 0 spiro atoms. The van der Waals surface area contributed by atoms with Crippen molar-refractivity contribution in [1.29, 1.82) is 5.26 Å². The standard InChI is InChI=1S/C15H26N4O/c1-3-19(13-5-4-8-17-9-13)10-14(20)18-15(2,11-16)12-6-7-12/h12-13,17H,3-10H2,1-2H3,(H,18,20). The minimum atomic E-state index is -0.679. The monoisotopic (exact) mass is 278 g/mol. The molecule has 1 aliphatic heterocycles. The molecule has 2 aliphatic rings. The number of nitriles is 1. The largest absolute Gasteiger partial charge is 0.337 e. The summed E-state index contributed by atoms with van der Waals surface area (Å²) in [5, 5.41) is 15.6. The van der Waals surface area contributed by atoms with Crippen LogP contribution >= 0.6 is 0 Å². The zero-order valence-electron chi connectivity index (χ0n) is 12.6. The van der Waals surface area contributed by atoms with Gasteiger partial charge in [0.15, 0.2) is 0 Å². The van der Waals surface area contributed by atoms with Gasteiger partial charge in [0.25, 0.3) is 0 Å². The van der Waals surface area contributed by atoms with E-state index in [1.165, 1.54) is 6.42 Å². The molecule has 2 rings (SSSR count). The summed E-state index contributed by atoms with van der Waals surface area (Å²) in [5.41, 5.74) is -0.679. The van der Waals surface area contributed by atoms with Crippen molar-refractivity contribution in [3.63, 3.8) is 0 Å². The topological polar surface area (TPSA) is 68.2 Å². The van der Waals surface area contributed by atoms with Gasteiger partial charge < -0.3 is 10.6 Å². The highest BCUT2D eigenvalue weighted by Crippen LogP contribution is 2.39. The lowest BCUT2D eigenvalue weighted by molar-refractivity contribution is -0.124. The number of nitrogens with one attached hydrogen (secondary N) is 2. The molecule has 1 aliphatic carbocycles. The number of carbonyl (C=O) groups is 1. The van der Waals surface area contributed by atoms with Crippen molar-refractivity contribution in [1.82, 2.24) is 15.5 Å². The zero-order valence-corrected chi connectivity index (χ0v) is 12.6. The van der Waals surface area contributed by atoms with Crippen molar-refractivity contribution in [2.45, 2.75) is 51.1 Å². The highest BCUT2D eigenvalue weighted by molar-refractivity contribution is 5.79. The summed E-state index contributed by atoms with van der Waals surface area (Å²) in [6.45, 7) is 7.24. The Morgan fingerprint density at radius 1 is 1.50 bits per heavy atom. The number of hydrogen-bond acceptors (Lipinski definition) is 4. The second-order valence-electron chi connectivity index (χ2n) is 6.20. The van der Waals surface area contributed by atoms with Crippen molar-refractivity contribution in [2.24, 2.45) is 5.92 Å². The molecule has 5 nitrogen and oxygen atoms in total. The summed E-state index contributed by atoms with van der Waals surface area (Å²) in [7, 11) is 0. The third-order valence-electron chi connectivity index (χ3n) is 4.57. The Bertz CT molecular complexity index is 382. The maximum atomic E-state index is 12.2. The first-order valence-electron chi connectivity index (χ1n) is 7.76. The quantitative estimate of drug-likeness (QED) is 0.756. The molecule has 2 N–H and O–H groups in total. The van der Waals surface area contributed by atoms with Crippen LogP contribution in [-0.2, 0) is 4.79 Å². The molecule has 1 heterocycles. The van der Waals surface area contributed by atoms with Gasteiger partial charge in [-0.2, -0.15) is 5.26 Å². The second kappa shape index (κ2) is 6.55. The normalized spacial score (nSPS) is 25.8. The SMILES string of the molecule is CCN(CC(=O)NC(C)(C#N)C1CC1)C1CCCNC1. The number of nitrogens with zero attached hydrogens (tertiary/aromatic N) is 2. The Kier molecular flexibility index (Phi) is 5.00. The van der Waals surface area contributed by atoms with Gasteiger partial charge >= 0.3 is 0 Å². The molecule has 0 radical (unpaired) electrons. The molecule has 0 aromatic heterocycles. The maximum absolute atomic E-state index is 12.2. The Balaban J connectivity index is 1.87. The van der Waals surface area contributed by atoms with Crippen LogP contribution in [0.15, 0.2) is 0 Å². The lowest BCUT2D eigenvalue weighted by Crippen LogP contribution is -2.53. The van der Waals surface area contributed by atoms with Gasteiger partial charge in [0.1, 0.15) is 5.54 Å². The van der Waals surface area contributed by atoms with Crippen LogP contribution in [0.25, 0.3) is 0 Å². The van der Waals surface area contributed by atoms with Crippen LogP contribution in [-0.4, -0.2) is 48.6 Å². The van der Waals surface area contributed by atoms with Gasteiger partial charge in [0.2, 0.25) is 5.91 Å². The Morgan fingerprint density at radius 3 is 2.75 bits per heavy atom. The Labute approximate surface area is 121 Å². The first kappa shape index (κ1) is 15.3. The molecule has 2 fully saturated rings. The number of piperidine rings is 1. The molecule has 0 bridgehead atoms. The maximum Gasteiger partial charge on any atom is 0.235 e. The van der Waals surface area contributed by atoms with E-state index in [4.69, 9.17) is 0 Å². The molecule has 2 unspecified atom stereocenters. The average Bonchev–Trinajstić information content (AvgIpc) is 3.30. The zero-order chi connectivity index (χ0) is 14.6. The summed E-state index contributed by atoms with van der Waals surface area (Å²) in [6, 6.07) is 2.72. The Morgan fingerprint density at radius 2 is 2.25 bits per heavy atom. The smallest absolute Gasteiger partial charge is 0.235 e. The van der Waals surface area contributed by atoms with E-state index < -0.39 is 5.54 Å². The Hall–Kier alpha value is -1.12. The molecular formula is C15H26N4O. The highest BCUT2D eigenvalue weighted by Gasteiger charge is 2.43. The average molecular weight is 278 g/mol. The fourth-order valence-electron chi connectivity index (χ4n) is 3.04. The minimum Gasteiger partial charge on any atom is -0.337 e. The first-order chi connectivity index (χ1) is 9.59. The molecule has 20 heavy (non-hydrogen) atoms. The van der Waals surface area contributed by atoms with Gasteiger partial charge in [-0.15, -0.1) is 0 Å². The number of amides is 1. The fourth-order valence-corrected chi connectivity index (χ4v) is 3.04. The van der Waals surface area contributed by atoms with E-state index in [1.807, 2.05) is 6.92 Å². The third-order valence-corrected chi connectivity index (χ3v) is 4.57. The summed E-state index contributed by atoms with van der Waals surface area (Å²) in [4.78, 5) is 14.5. The van der Waals surface area contributed by atoms with Crippen molar-refractivity contribution in [2.75, 3.05) is 26.2 Å². The van der Waals surface area contributed by atoms with Crippen LogP contribution in [0.2, 0.25) is 0 Å². The van der Waals surface area contributed by atoms with Crippen molar-refractivity contribution in [3.8, 4) is 6.07 Å². The summed E-state index contributed by atoms with van der Waals surface area (Å²) in [5.74, 6) is 0.316. The highest BCUT2D eigenvalue weighted by atomic mass is 16.2. The molecule has 2 atom stereocenters. The van der Waals surface area contributed by atoms with Crippen LogP contribution in [0.4, 0.5) is 0 Å². The van der Waals surface area contributed by atoms with Gasteiger partial charge in [-0.25, -0.2) is 0 Å². The third kappa shape index (κ3) is 3.71. The molecule has 1 saturated heterocycles. The molecule has 5 heteroatoms. The molecule has 0 aromatic carbocycles. The van der Waals surface area contributed by atoms with Gasteiger partial charge in [-0.1, -0.05) is 6.92 Å². The molecular weight excluding hydrogens is 252 g/mol. The fraction of sp³-hybridized carbons (Fsp3) is 0.867. The van der Waals surface area contributed by atoms with E-state index in [0.717, 1.165) is 38.9 Å².